The molecule has 0 saturated heterocycles. The normalized spacial score (nSPS) is 11.1. The number of aromatic nitrogens is 1. The number of thiazole rings is 1. The molecule has 1 heterocycles. The molecule has 1 aromatic rings. The molecule has 2 N–H and O–H groups in total. The molecule has 0 unspecified atom stereocenters. The van der Waals surface area contributed by atoms with E-state index in [4.69, 9.17) is 5.11 Å². The fraction of sp³-hybridized carbons (Fsp3) is 0.429. The van der Waals surface area contributed by atoms with Crippen molar-refractivity contribution < 1.29 is 14.8 Å². The molecular formula is C7H9N3O4S. The summed E-state index contributed by atoms with van der Waals surface area (Å²) in [5.41, 5.74) is -1.20. The summed E-state index contributed by atoms with van der Waals surface area (Å²) in [6.45, 7) is 2.89. The zero-order valence-electron chi connectivity index (χ0n) is 8.05. The van der Waals surface area contributed by atoms with Crippen molar-refractivity contribution >= 4 is 27.4 Å². The molecule has 1 rings (SSSR count). The minimum atomic E-state index is -1.20. The molecular weight excluding hydrogens is 222 g/mol. The minimum absolute atomic E-state index is 0.126. The maximum atomic E-state index is 10.7. The predicted octanol–water partition coefficient (Wildman–Crippen LogP) is 1.33. The SMILES string of the molecule is CC(C)(Nc1ncc([N+](=O)[O-])s1)C(=O)O. The summed E-state index contributed by atoms with van der Waals surface area (Å²) in [4.78, 5) is 24.2. The van der Waals surface area contributed by atoms with Gasteiger partial charge in [0.2, 0.25) is 0 Å². The van der Waals surface area contributed by atoms with Crippen LogP contribution in [0, 0.1) is 10.1 Å². The van der Waals surface area contributed by atoms with E-state index in [1.54, 1.807) is 0 Å². The Balaban J connectivity index is 2.82. The third kappa shape index (κ3) is 2.62. The van der Waals surface area contributed by atoms with Crippen molar-refractivity contribution in [2.75, 3.05) is 5.32 Å². The van der Waals surface area contributed by atoms with E-state index in [9.17, 15) is 14.9 Å². The Labute approximate surface area is 88.9 Å². The van der Waals surface area contributed by atoms with Gasteiger partial charge in [-0.3, -0.25) is 10.1 Å². The van der Waals surface area contributed by atoms with Crippen LogP contribution in [-0.2, 0) is 4.79 Å². The third-order valence-electron chi connectivity index (χ3n) is 1.63. The zero-order chi connectivity index (χ0) is 11.6. The lowest BCUT2D eigenvalue weighted by Gasteiger charge is -2.19. The van der Waals surface area contributed by atoms with Gasteiger partial charge in [0.15, 0.2) is 5.13 Å². The van der Waals surface area contributed by atoms with Gasteiger partial charge in [-0.2, -0.15) is 0 Å². The van der Waals surface area contributed by atoms with Crippen molar-refractivity contribution in [1.29, 1.82) is 0 Å². The Morgan fingerprint density at radius 3 is 2.73 bits per heavy atom. The first-order valence-corrected chi connectivity index (χ1v) is 4.76. The second-order valence-corrected chi connectivity index (χ2v) is 4.33. The van der Waals surface area contributed by atoms with Crippen LogP contribution in [0.2, 0.25) is 0 Å². The number of carboxylic acid groups (broad SMARTS) is 1. The van der Waals surface area contributed by atoms with E-state index >= 15 is 0 Å². The monoisotopic (exact) mass is 231 g/mol. The van der Waals surface area contributed by atoms with Crippen LogP contribution in [-0.4, -0.2) is 26.5 Å². The van der Waals surface area contributed by atoms with Gasteiger partial charge in [0.05, 0.1) is 4.92 Å². The highest BCUT2D eigenvalue weighted by Gasteiger charge is 2.28. The molecule has 15 heavy (non-hydrogen) atoms. The van der Waals surface area contributed by atoms with Crippen LogP contribution in [0.1, 0.15) is 13.8 Å². The van der Waals surface area contributed by atoms with E-state index in [0.29, 0.717) is 0 Å². The van der Waals surface area contributed by atoms with Crippen molar-refractivity contribution in [3.05, 3.63) is 16.3 Å². The fourth-order valence-electron chi connectivity index (χ4n) is 0.729. The Morgan fingerprint density at radius 1 is 1.73 bits per heavy atom. The number of nitrogens with zero attached hydrogens (tertiary/aromatic N) is 2. The van der Waals surface area contributed by atoms with E-state index in [2.05, 4.69) is 10.3 Å². The number of aliphatic carboxylic acids is 1. The molecule has 0 fully saturated rings. The standard InChI is InChI=1S/C7H9N3O4S/c1-7(2,5(11)12)9-6-8-3-4(15-6)10(13)14/h3H,1-2H3,(H,8,9)(H,11,12). The van der Waals surface area contributed by atoms with Crippen LogP contribution < -0.4 is 5.32 Å². The van der Waals surface area contributed by atoms with Crippen LogP contribution in [0.3, 0.4) is 0 Å². The van der Waals surface area contributed by atoms with Gasteiger partial charge in [0.1, 0.15) is 11.7 Å². The second kappa shape index (κ2) is 3.81. The highest BCUT2D eigenvalue weighted by atomic mass is 32.1. The van der Waals surface area contributed by atoms with Gasteiger partial charge in [0, 0.05) is 0 Å². The number of rotatable bonds is 4. The van der Waals surface area contributed by atoms with Crippen LogP contribution >= 0.6 is 11.3 Å². The maximum absolute atomic E-state index is 10.7. The Hall–Kier alpha value is -1.70. The molecule has 0 saturated carbocycles. The van der Waals surface area contributed by atoms with Gasteiger partial charge in [-0.15, -0.1) is 0 Å². The summed E-state index contributed by atoms with van der Waals surface area (Å²) in [6.07, 6.45) is 1.09. The Kier molecular flexibility index (Phi) is 2.89. The van der Waals surface area contributed by atoms with Crippen LogP contribution in [0.25, 0.3) is 0 Å². The molecule has 0 atom stereocenters. The molecule has 0 aliphatic heterocycles. The smallest absolute Gasteiger partial charge is 0.345 e. The summed E-state index contributed by atoms with van der Waals surface area (Å²) >= 11 is 0.801. The Bertz CT molecular complexity index is 401. The van der Waals surface area contributed by atoms with Crippen molar-refractivity contribution in [1.82, 2.24) is 4.98 Å². The highest BCUT2D eigenvalue weighted by molar-refractivity contribution is 7.18. The zero-order valence-corrected chi connectivity index (χ0v) is 8.87. The number of hydrogen-bond acceptors (Lipinski definition) is 6. The summed E-state index contributed by atoms with van der Waals surface area (Å²) < 4.78 is 0. The van der Waals surface area contributed by atoms with Crippen molar-refractivity contribution in [2.45, 2.75) is 19.4 Å². The number of nitro groups is 1. The largest absolute Gasteiger partial charge is 0.480 e. The quantitative estimate of drug-likeness (QED) is 0.598. The molecule has 0 aromatic carbocycles. The van der Waals surface area contributed by atoms with E-state index in [1.165, 1.54) is 13.8 Å². The van der Waals surface area contributed by atoms with Crippen molar-refractivity contribution in [2.24, 2.45) is 0 Å². The average Bonchev–Trinajstić information content (AvgIpc) is 2.51. The lowest BCUT2D eigenvalue weighted by molar-refractivity contribution is -0.380. The van der Waals surface area contributed by atoms with Gasteiger partial charge >= 0.3 is 11.0 Å². The average molecular weight is 231 g/mol. The van der Waals surface area contributed by atoms with Gasteiger partial charge in [-0.05, 0) is 25.2 Å². The maximum Gasteiger partial charge on any atom is 0.345 e. The van der Waals surface area contributed by atoms with Crippen molar-refractivity contribution in [3.8, 4) is 0 Å². The summed E-state index contributed by atoms with van der Waals surface area (Å²) in [6, 6.07) is 0. The third-order valence-corrected chi connectivity index (χ3v) is 2.49. The molecule has 0 bridgehead atoms. The number of carboxylic acids is 1. The number of hydrogen-bond donors (Lipinski definition) is 2. The molecule has 1 aromatic heterocycles. The molecule has 7 nitrogen and oxygen atoms in total. The topological polar surface area (TPSA) is 105 Å². The van der Waals surface area contributed by atoms with E-state index in [1.807, 2.05) is 0 Å². The predicted molar refractivity (Wildman–Crippen MR) is 54.1 cm³/mol. The van der Waals surface area contributed by atoms with E-state index in [-0.39, 0.29) is 10.1 Å². The second-order valence-electron chi connectivity index (χ2n) is 3.32. The molecule has 0 spiro atoms. The molecule has 8 heteroatoms. The van der Waals surface area contributed by atoms with E-state index < -0.39 is 16.4 Å². The molecule has 0 amide bonds. The summed E-state index contributed by atoms with van der Waals surface area (Å²) in [7, 11) is 0. The fourth-order valence-corrected chi connectivity index (χ4v) is 1.52. The molecule has 0 aliphatic carbocycles. The lowest BCUT2D eigenvalue weighted by Crippen LogP contribution is -2.39. The number of carbonyl (C=O) groups is 1. The van der Waals surface area contributed by atoms with E-state index in [0.717, 1.165) is 17.5 Å². The molecule has 0 aliphatic rings. The number of anilines is 1. The number of nitrogens with one attached hydrogen (secondary N) is 1. The first kappa shape index (κ1) is 11.4. The highest BCUT2D eigenvalue weighted by Crippen LogP contribution is 2.27. The van der Waals surface area contributed by atoms with Crippen LogP contribution in [0.5, 0.6) is 0 Å². The van der Waals surface area contributed by atoms with Gasteiger partial charge in [-0.25, -0.2) is 9.78 Å². The van der Waals surface area contributed by atoms with Crippen LogP contribution in [0.15, 0.2) is 6.20 Å². The summed E-state index contributed by atoms with van der Waals surface area (Å²) in [5, 5.41) is 21.8. The molecule has 0 radical (unpaired) electrons. The minimum Gasteiger partial charge on any atom is -0.480 e. The first-order chi connectivity index (χ1) is 6.83. The van der Waals surface area contributed by atoms with Crippen LogP contribution in [0.4, 0.5) is 10.1 Å². The Morgan fingerprint density at radius 2 is 2.33 bits per heavy atom. The van der Waals surface area contributed by atoms with Gasteiger partial charge in [-0.1, -0.05) is 0 Å². The van der Waals surface area contributed by atoms with Gasteiger partial charge in [0.25, 0.3) is 0 Å². The van der Waals surface area contributed by atoms with Crippen molar-refractivity contribution in [3.63, 3.8) is 0 Å². The first-order valence-electron chi connectivity index (χ1n) is 3.95. The van der Waals surface area contributed by atoms with Gasteiger partial charge < -0.3 is 10.4 Å². The molecule has 82 valence electrons. The lowest BCUT2D eigenvalue weighted by atomic mass is 10.1. The summed E-state index contributed by atoms with van der Waals surface area (Å²) in [5.74, 6) is -1.06.